The number of para-hydroxylation sites is 1. The number of halogens is 1. The summed E-state index contributed by atoms with van der Waals surface area (Å²) in [6.07, 6.45) is 6.74. The van der Waals surface area contributed by atoms with Crippen LogP contribution in [0.25, 0.3) is 10.9 Å². The van der Waals surface area contributed by atoms with Gasteiger partial charge in [0.25, 0.3) is 0 Å². The molecule has 1 N–H and O–H groups in total. The van der Waals surface area contributed by atoms with Gasteiger partial charge in [-0.15, -0.1) is 0 Å². The number of nitrogens with zero attached hydrogens (tertiary/aromatic N) is 2. The fourth-order valence-corrected chi connectivity index (χ4v) is 3.97. The van der Waals surface area contributed by atoms with Crippen LogP contribution in [0.4, 0.5) is 0 Å². The Morgan fingerprint density at radius 3 is 2.74 bits per heavy atom. The molecule has 0 atom stereocenters. The molecule has 1 aliphatic rings. The van der Waals surface area contributed by atoms with Crippen LogP contribution >= 0.6 is 11.6 Å². The Morgan fingerprint density at radius 1 is 1.11 bits per heavy atom. The first-order chi connectivity index (χ1) is 13.2. The first-order valence-corrected chi connectivity index (χ1v) is 9.76. The highest BCUT2D eigenvalue weighted by molar-refractivity contribution is 6.30. The van der Waals surface area contributed by atoms with Gasteiger partial charge in [-0.1, -0.05) is 41.9 Å². The minimum atomic E-state index is -0.0810. The van der Waals surface area contributed by atoms with Gasteiger partial charge in [-0.05, 0) is 55.0 Å². The van der Waals surface area contributed by atoms with Gasteiger partial charge in [0, 0.05) is 34.6 Å². The lowest BCUT2D eigenvalue weighted by atomic mass is 9.95. The Balaban J connectivity index is 1.43. The molecule has 1 heterocycles. The number of carbonyl (C=O) groups excluding carboxylic acids is 1. The summed E-state index contributed by atoms with van der Waals surface area (Å²) in [5, 5.41) is 6.06. The summed E-state index contributed by atoms with van der Waals surface area (Å²) in [6, 6.07) is 15.8. The molecule has 1 aliphatic carbocycles. The molecule has 4 rings (SSSR count). The van der Waals surface area contributed by atoms with E-state index in [4.69, 9.17) is 11.6 Å². The third kappa shape index (κ3) is 3.91. The first kappa shape index (κ1) is 17.8. The Kier molecular flexibility index (Phi) is 5.26. The number of nitrogens with one attached hydrogen (secondary N) is 1. The highest BCUT2D eigenvalue weighted by Crippen LogP contribution is 2.32. The van der Waals surface area contributed by atoms with E-state index in [9.17, 15) is 4.79 Å². The van der Waals surface area contributed by atoms with Gasteiger partial charge in [0.15, 0.2) is 0 Å². The predicted octanol–water partition coefficient (Wildman–Crippen LogP) is 4.71. The van der Waals surface area contributed by atoms with Gasteiger partial charge in [-0.3, -0.25) is 4.79 Å². The van der Waals surface area contributed by atoms with E-state index < -0.39 is 0 Å². The van der Waals surface area contributed by atoms with Gasteiger partial charge in [0.05, 0.1) is 6.21 Å². The van der Waals surface area contributed by atoms with E-state index in [0.29, 0.717) is 18.0 Å². The summed E-state index contributed by atoms with van der Waals surface area (Å²) in [5.41, 5.74) is 7.63. The van der Waals surface area contributed by atoms with Gasteiger partial charge in [-0.25, -0.2) is 5.43 Å². The molecule has 0 spiro atoms. The van der Waals surface area contributed by atoms with Gasteiger partial charge in [-0.2, -0.15) is 5.10 Å². The van der Waals surface area contributed by atoms with Gasteiger partial charge >= 0.3 is 0 Å². The SMILES string of the molecule is O=C(CCn1c2c(c3ccccc31)CCCC2)NN=Cc1ccc(Cl)cc1. The minimum absolute atomic E-state index is 0.0810. The van der Waals surface area contributed by atoms with Crippen LogP contribution in [-0.4, -0.2) is 16.7 Å². The van der Waals surface area contributed by atoms with Gasteiger partial charge in [0.2, 0.25) is 5.91 Å². The standard InChI is InChI=1S/C22H22ClN3O/c23-17-11-9-16(10-12-17)15-24-25-22(27)13-14-26-20-7-3-1-5-18(20)19-6-2-4-8-21(19)26/h1,3,5,7,9-12,15H,2,4,6,8,13-14H2,(H,25,27). The van der Waals surface area contributed by atoms with Crippen molar-refractivity contribution in [3.05, 3.63) is 70.4 Å². The van der Waals surface area contributed by atoms with Crippen molar-refractivity contribution in [1.29, 1.82) is 0 Å². The second-order valence-corrected chi connectivity index (χ2v) is 7.33. The summed E-state index contributed by atoms with van der Waals surface area (Å²) < 4.78 is 2.33. The van der Waals surface area contributed by atoms with Crippen molar-refractivity contribution in [3.63, 3.8) is 0 Å². The van der Waals surface area contributed by atoms with Crippen molar-refractivity contribution in [2.24, 2.45) is 5.10 Å². The number of hydrogen-bond acceptors (Lipinski definition) is 2. The smallest absolute Gasteiger partial charge is 0.241 e. The maximum atomic E-state index is 12.2. The van der Waals surface area contributed by atoms with Crippen LogP contribution in [0.5, 0.6) is 0 Å². The van der Waals surface area contributed by atoms with E-state index >= 15 is 0 Å². The normalized spacial score (nSPS) is 13.8. The molecule has 1 aromatic heterocycles. The van der Waals surface area contributed by atoms with Crippen LogP contribution in [0.1, 0.15) is 36.1 Å². The van der Waals surface area contributed by atoms with Crippen molar-refractivity contribution in [2.75, 3.05) is 0 Å². The van der Waals surface area contributed by atoms with Crippen LogP contribution in [0.2, 0.25) is 5.02 Å². The van der Waals surface area contributed by atoms with Crippen LogP contribution in [-0.2, 0) is 24.2 Å². The number of amides is 1. The Morgan fingerprint density at radius 2 is 1.89 bits per heavy atom. The Hall–Kier alpha value is -2.59. The molecule has 2 aromatic carbocycles. The summed E-state index contributed by atoms with van der Waals surface area (Å²) >= 11 is 5.86. The van der Waals surface area contributed by atoms with Crippen LogP contribution in [0.15, 0.2) is 53.6 Å². The van der Waals surface area contributed by atoms with Crippen LogP contribution < -0.4 is 5.43 Å². The predicted molar refractivity (Wildman–Crippen MR) is 110 cm³/mol. The van der Waals surface area contributed by atoms with E-state index in [1.165, 1.54) is 35.0 Å². The van der Waals surface area contributed by atoms with Crippen LogP contribution in [0.3, 0.4) is 0 Å². The quantitative estimate of drug-likeness (QED) is 0.506. The second-order valence-electron chi connectivity index (χ2n) is 6.90. The molecule has 3 aromatic rings. The fraction of sp³-hybridized carbons (Fsp3) is 0.273. The van der Waals surface area contributed by atoms with Crippen LogP contribution in [0, 0.1) is 0 Å². The summed E-state index contributed by atoms with van der Waals surface area (Å²) in [6.45, 7) is 0.679. The van der Waals surface area contributed by atoms with Gasteiger partial charge in [0.1, 0.15) is 0 Å². The molecule has 0 fully saturated rings. The molecule has 0 bridgehead atoms. The number of aromatic nitrogens is 1. The zero-order valence-corrected chi connectivity index (χ0v) is 15.9. The van der Waals surface area contributed by atoms with Crippen molar-refractivity contribution < 1.29 is 4.79 Å². The number of rotatable bonds is 5. The lowest BCUT2D eigenvalue weighted by Crippen LogP contribution is -2.20. The number of benzene rings is 2. The van der Waals surface area contributed by atoms with E-state index in [1.54, 1.807) is 18.3 Å². The average Bonchev–Trinajstić information content (AvgIpc) is 3.02. The largest absolute Gasteiger partial charge is 0.344 e. The summed E-state index contributed by atoms with van der Waals surface area (Å²) in [4.78, 5) is 12.2. The monoisotopic (exact) mass is 379 g/mol. The van der Waals surface area contributed by atoms with E-state index in [0.717, 1.165) is 18.4 Å². The molecule has 0 saturated heterocycles. The van der Waals surface area contributed by atoms with Crippen molar-refractivity contribution in [1.82, 2.24) is 9.99 Å². The summed E-state index contributed by atoms with van der Waals surface area (Å²) in [7, 11) is 0. The third-order valence-electron chi connectivity index (χ3n) is 5.12. The zero-order valence-electron chi connectivity index (χ0n) is 15.1. The second kappa shape index (κ2) is 7.97. The molecular formula is C22H22ClN3O. The Labute approximate surface area is 163 Å². The van der Waals surface area contributed by atoms with E-state index in [-0.39, 0.29) is 5.91 Å². The topological polar surface area (TPSA) is 46.4 Å². The molecule has 4 nitrogen and oxygen atoms in total. The number of aryl methyl sites for hydroxylation is 2. The fourth-order valence-electron chi connectivity index (χ4n) is 3.84. The first-order valence-electron chi connectivity index (χ1n) is 9.39. The lowest BCUT2D eigenvalue weighted by molar-refractivity contribution is -0.121. The molecule has 0 unspecified atom stereocenters. The third-order valence-corrected chi connectivity index (χ3v) is 5.37. The molecular weight excluding hydrogens is 358 g/mol. The number of fused-ring (bicyclic) bond motifs is 3. The minimum Gasteiger partial charge on any atom is -0.344 e. The maximum Gasteiger partial charge on any atom is 0.241 e. The summed E-state index contributed by atoms with van der Waals surface area (Å²) in [5.74, 6) is -0.0810. The highest BCUT2D eigenvalue weighted by atomic mass is 35.5. The number of carbonyl (C=O) groups is 1. The molecule has 5 heteroatoms. The molecule has 1 amide bonds. The van der Waals surface area contributed by atoms with E-state index in [2.05, 4.69) is 39.4 Å². The lowest BCUT2D eigenvalue weighted by Gasteiger charge is -2.15. The number of hydrogen-bond donors (Lipinski definition) is 1. The van der Waals surface area contributed by atoms with Crippen molar-refractivity contribution in [3.8, 4) is 0 Å². The molecule has 0 radical (unpaired) electrons. The molecule has 138 valence electrons. The van der Waals surface area contributed by atoms with Crippen molar-refractivity contribution in [2.45, 2.75) is 38.6 Å². The molecule has 0 aliphatic heterocycles. The molecule has 27 heavy (non-hydrogen) atoms. The van der Waals surface area contributed by atoms with Gasteiger partial charge < -0.3 is 4.57 Å². The van der Waals surface area contributed by atoms with Crippen molar-refractivity contribution >= 4 is 34.6 Å². The zero-order chi connectivity index (χ0) is 18.6. The van der Waals surface area contributed by atoms with E-state index in [1.807, 2.05) is 12.1 Å². The number of hydrazone groups is 1. The molecule has 0 saturated carbocycles. The maximum absolute atomic E-state index is 12.2. The average molecular weight is 380 g/mol. The Bertz CT molecular complexity index is 989. The highest BCUT2D eigenvalue weighted by Gasteiger charge is 2.19.